The third-order valence-corrected chi connectivity index (χ3v) is 3.28. The molecule has 0 aliphatic heterocycles. The molecule has 4 nitrogen and oxygen atoms in total. The van der Waals surface area contributed by atoms with Gasteiger partial charge in [-0.3, -0.25) is 4.79 Å². The molecule has 0 aliphatic rings. The van der Waals surface area contributed by atoms with Gasteiger partial charge in [0.05, 0.1) is 0 Å². The number of aliphatic carboxylic acids is 1. The molecule has 0 radical (unpaired) electrons. The maximum absolute atomic E-state index is 12.1. The Morgan fingerprint density at radius 1 is 1.15 bits per heavy atom. The first kappa shape index (κ1) is 16.2. The van der Waals surface area contributed by atoms with E-state index < -0.39 is 17.6 Å². The van der Waals surface area contributed by atoms with E-state index >= 15 is 0 Å². The minimum Gasteiger partial charge on any atom is -0.478 e. The maximum Gasteiger partial charge on any atom is 0.331 e. The van der Waals surface area contributed by atoms with Gasteiger partial charge in [0.25, 0.3) is 11.7 Å². The van der Waals surface area contributed by atoms with E-state index in [2.05, 4.69) is 5.32 Å². The lowest BCUT2D eigenvalue weighted by Gasteiger charge is -2.08. The molecule has 0 spiro atoms. The minimum atomic E-state index is -2.50. The number of thioether (sulfide) groups is 1. The second-order valence-corrected chi connectivity index (χ2v) is 4.98. The summed E-state index contributed by atoms with van der Waals surface area (Å²) < 4.78 is 24.3. The molecule has 0 saturated carbocycles. The van der Waals surface area contributed by atoms with E-state index in [0.717, 1.165) is 0 Å². The Bertz CT molecular complexity index is 541. The van der Waals surface area contributed by atoms with Crippen LogP contribution in [-0.2, 0) is 9.59 Å². The van der Waals surface area contributed by atoms with Crippen LogP contribution in [0.4, 0.5) is 14.5 Å². The van der Waals surface area contributed by atoms with E-state index in [-0.39, 0.29) is 11.1 Å². The van der Waals surface area contributed by atoms with Crippen molar-refractivity contribution in [3.8, 4) is 0 Å². The van der Waals surface area contributed by atoms with Crippen LogP contribution in [-0.4, -0.2) is 22.7 Å². The van der Waals surface area contributed by atoms with Crippen LogP contribution in [0.2, 0.25) is 0 Å². The average Bonchev–Trinajstić information content (AvgIpc) is 2.38. The van der Waals surface area contributed by atoms with Gasteiger partial charge in [0.2, 0.25) is 0 Å². The van der Waals surface area contributed by atoms with Crippen molar-refractivity contribution in [3.63, 3.8) is 0 Å². The number of carbonyl (C=O) groups excluding carboxylic acids is 1. The SMILES string of the molecule is CC(C(=O)O)=C(C)C(=O)Nc1ccc(SC(F)F)cc1. The van der Waals surface area contributed by atoms with Gasteiger partial charge in [0, 0.05) is 21.7 Å². The molecule has 1 aromatic rings. The number of carbonyl (C=O) groups is 2. The molecule has 0 heterocycles. The van der Waals surface area contributed by atoms with Gasteiger partial charge in [-0.2, -0.15) is 8.78 Å². The van der Waals surface area contributed by atoms with Crippen LogP contribution in [0.15, 0.2) is 40.3 Å². The Labute approximate surface area is 118 Å². The standard InChI is InChI=1S/C13H13F2NO3S/c1-7(8(2)12(18)19)11(17)16-9-3-5-10(6-4-9)20-13(14)15/h3-6,13H,1-2H3,(H,16,17)(H,18,19). The molecular formula is C13H13F2NO3S. The Hall–Kier alpha value is -1.89. The van der Waals surface area contributed by atoms with Gasteiger partial charge in [-0.25, -0.2) is 4.79 Å². The number of carboxylic acids is 1. The van der Waals surface area contributed by atoms with Crippen molar-refractivity contribution in [3.05, 3.63) is 35.4 Å². The summed E-state index contributed by atoms with van der Waals surface area (Å²) in [6, 6.07) is 5.86. The van der Waals surface area contributed by atoms with Crippen LogP contribution in [0.5, 0.6) is 0 Å². The van der Waals surface area contributed by atoms with Gasteiger partial charge in [-0.05, 0) is 38.1 Å². The first-order valence-electron chi connectivity index (χ1n) is 5.58. The zero-order chi connectivity index (χ0) is 15.3. The van der Waals surface area contributed by atoms with E-state index in [4.69, 9.17) is 5.11 Å². The van der Waals surface area contributed by atoms with Gasteiger partial charge in [0.15, 0.2) is 0 Å². The number of carboxylic acid groups (broad SMARTS) is 1. The zero-order valence-corrected chi connectivity index (χ0v) is 11.6. The Balaban J connectivity index is 2.77. The van der Waals surface area contributed by atoms with Crippen molar-refractivity contribution in [2.24, 2.45) is 0 Å². The predicted molar refractivity (Wildman–Crippen MR) is 72.9 cm³/mol. The molecule has 0 unspecified atom stereocenters. The zero-order valence-electron chi connectivity index (χ0n) is 10.8. The van der Waals surface area contributed by atoms with Crippen molar-refractivity contribution >= 4 is 29.3 Å². The number of benzene rings is 1. The second-order valence-electron chi connectivity index (χ2n) is 3.91. The lowest BCUT2D eigenvalue weighted by atomic mass is 10.1. The fourth-order valence-corrected chi connectivity index (χ4v) is 1.77. The predicted octanol–water partition coefficient (Wildman–Crippen LogP) is 3.36. The number of hydrogen-bond donors (Lipinski definition) is 2. The number of amides is 1. The molecule has 1 amide bonds. The summed E-state index contributed by atoms with van der Waals surface area (Å²) in [6.45, 7) is 2.74. The first-order valence-corrected chi connectivity index (χ1v) is 6.46. The first-order chi connectivity index (χ1) is 9.31. The molecule has 0 fully saturated rings. The summed E-state index contributed by atoms with van der Waals surface area (Å²) >= 11 is 0.408. The van der Waals surface area contributed by atoms with E-state index in [1.54, 1.807) is 0 Å². The van der Waals surface area contributed by atoms with Crippen LogP contribution in [0, 0.1) is 0 Å². The molecule has 108 valence electrons. The Morgan fingerprint density at radius 2 is 1.70 bits per heavy atom. The molecular weight excluding hydrogens is 288 g/mol. The van der Waals surface area contributed by atoms with Crippen LogP contribution in [0.25, 0.3) is 0 Å². The second kappa shape index (κ2) is 7.04. The quantitative estimate of drug-likeness (QED) is 0.646. The lowest BCUT2D eigenvalue weighted by Crippen LogP contribution is -2.16. The van der Waals surface area contributed by atoms with Crippen LogP contribution < -0.4 is 5.32 Å². The van der Waals surface area contributed by atoms with Gasteiger partial charge in [-0.1, -0.05) is 11.8 Å². The monoisotopic (exact) mass is 301 g/mol. The molecule has 0 atom stereocenters. The average molecular weight is 301 g/mol. The number of rotatable bonds is 5. The van der Waals surface area contributed by atoms with E-state index in [1.807, 2.05) is 0 Å². The topological polar surface area (TPSA) is 66.4 Å². The number of halogens is 2. The lowest BCUT2D eigenvalue weighted by molar-refractivity contribution is -0.133. The van der Waals surface area contributed by atoms with Gasteiger partial charge < -0.3 is 10.4 Å². The van der Waals surface area contributed by atoms with Crippen LogP contribution in [0.1, 0.15) is 13.8 Å². The molecule has 20 heavy (non-hydrogen) atoms. The summed E-state index contributed by atoms with van der Waals surface area (Å²) in [4.78, 5) is 22.9. The Kier molecular flexibility index (Phi) is 5.69. The van der Waals surface area contributed by atoms with Crippen LogP contribution in [0.3, 0.4) is 0 Å². The van der Waals surface area contributed by atoms with Crippen molar-refractivity contribution in [1.29, 1.82) is 0 Å². The van der Waals surface area contributed by atoms with Gasteiger partial charge in [0.1, 0.15) is 0 Å². The summed E-state index contributed by atoms with van der Waals surface area (Å²) in [5.74, 6) is -4.21. The normalized spacial score (nSPS) is 12.1. The smallest absolute Gasteiger partial charge is 0.331 e. The van der Waals surface area contributed by atoms with Crippen molar-refractivity contribution in [1.82, 2.24) is 0 Å². The summed E-state index contributed by atoms with van der Waals surface area (Å²) in [7, 11) is 0. The van der Waals surface area contributed by atoms with Crippen molar-refractivity contribution in [2.45, 2.75) is 24.5 Å². The molecule has 2 N–H and O–H groups in total. The third-order valence-electron chi connectivity index (χ3n) is 2.56. The number of alkyl halides is 2. The minimum absolute atomic E-state index is 0.0487. The fraction of sp³-hybridized carbons (Fsp3) is 0.231. The maximum atomic E-state index is 12.1. The molecule has 1 rings (SSSR count). The molecule has 0 saturated heterocycles. The summed E-state index contributed by atoms with van der Waals surface area (Å²) in [6.07, 6.45) is 0. The largest absolute Gasteiger partial charge is 0.478 e. The number of nitrogens with one attached hydrogen (secondary N) is 1. The summed E-state index contributed by atoms with van der Waals surface area (Å²) in [5, 5.41) is 11.3. The summed E-state index contributed by atoms with van der Waals surface area (Å²) in [5.41, 5.74) is 0.446. The van der Waals surface area contributed by atoms with Crippen LogP contribution >= 0.6 is 11.8 Å². The third kappa shape index (κ3) is 4.65. The van der Waals surface area contributed by atoms with Gasteiger partial charge in [-0.15, -0.1) is 0 Å². The van der Waals surface area contributed by atoms with Crippen molar-refractivity contribution < 1.29 is 23.5 Å². The highest BCUT2D eigenvalue weighted by Crippen LogP contribution is 2.26. The van der Waals surface area contributed by atoms with Gasteiger partial charge >= 0.3 is 5.97 Å². The highest BCUT2D eigenvalue weighted by molar-refractivity contribution is 7.99. The van der Waals surface area contributed by atoms with Crippen molar-refractivity contribution in [2.75, 3.05) is 5.32 Å². The molecule has 0 aliphatic carbocycles. The molecule has 1 aromatic carbocycles. The number of anilines is 1. The molecule has 7 heteroatoms. The van der Waals surface area contributed by atoms with E-state index in [9.17, 15) is 18.4 Å². The number of hydrogen-bond acceptors (Lipinski definition) is 3. The fourth-order valence-electron chi connectivity index (χ4n) is 1.28. The highest BCUT2D eigenvalue weighted by Gasteiger charge is 2.13. The molecule has 0 aromatic heterocycles. The Morgan fingerprint density at radius 3 is 2.15 bits per heavy atom. The highest BCUT2D eigenvalue weighted by atomic mass is 32.2. The van der Waals surface area contributed by atoms with E-state index in [1.165, 1.54) is 38.1 Å². The molecule has 0 bridgehead atoms. The van der Waals surface area contributed by atoms with E-state index in [0.29, 0.717) is 22.3 Å².